The summed E-state index contributed by atoms with van der Waals surface area (Å²) < 4.78 is 12.2. The molecule has 2 aliphatic heterocycles. The Morgan fingerprint density at radius 1 is 0.585 bits per heavy atom. The van der Waals surface area contributed by atoms with Gasteiger partial charge in [0.1, 0.15) is 0 Å². The monoisotopic (exact) mass is 724 g/mol. The highest BCUT2D eigenvalue weighted by Gasteiger charge is 2.26. The Balaban J connectivity index is 1.74. The number of aryl methyl sites for hydroxylation is 5. The Labute approximate surface area is 312 Å². The Hall–Kier alpha value is -4.81. The number of aromatic nitrogens is 4. The van der Waals surface area contributed by atoms with Crippen LogP contribution in [-0.4, -0.2) is 29.7 Å². The molecule has 0 atom stereocenters. The summed E-state index contributed by atoms with van der Waals surface area (Å²) in [6.45, 7) is 19.6. The molecular weight excluding hydrogens is 675 g/mol. The van der Waals surface area contributed by atoms with E-state index in [1.165, 1.54) is 51.1 Å². The Morgan fingerprint density at radius 3 is 1.34 bits per heavy atom. The number of nitrogens with zero attached hydrogens (tertiary/aromatic N) is 2. The van der Waals surface area contributed by atoms with Gasteiger partial charge in [0.25, 0.3) is 0 Å². The van der Waals surface area contributed by atoms with Crippen molar-refractivity contribution in [3.63, 3.8) is 0 Å². The molecule has 3 aromatic heterocycles. The molecule has 8 bridgehead atoms. The third-order valence-electron chi connectivity index (χ3n) is 11.3. The Morgan fingerprint density at radius 2 is 0.981 bits per heavy atom. The van der Waals surface area contributed by atoms with Crippen molar-refractivity contribution in [2.45, 2.75) is 88.0 Å². The van der Waals surface area contributed by atoms with Gasteiger partial charge >= 0.3 is 7.60 Å². The molecule has 0 unspecified atom stereocenters. The fraction of sp³-hybridized carbons (Fsp3) is 0.289. The summed E-state index contributed by atoms with van der Waals surface area (Å²) >= 11 is 0. The van der Waals surface area contributed by atoms with Crippen molar-refractivity contribution in [1.82, 2.24) is 19.9 Å². The first-order valence-corrected chi connectivity index (χ1v) is 20.4. The number of nitrogens with one attached hydrogen (secondary N) is 2. The van der Waals surface area contributed by atoms with E-state index >= 15 is 0 Å². The normalized spacial score (nSPS) is 13.4. The zero-order chi connectivity index (χ0) is 37.9. The van der Waals surface area contributed by atoms with Crippen LogP contribution in [0.1, 0.15) is 105 Å². The molecule has 4 N–H and O–H groups in total. The first kappa shape index (κ1) is 36.5. The summed E-state index contributed by atoms with van der Waals surface area (Å²) in [6, 6.07) is 19.9. The molecule has 0 aliphatic carbocycles. The van der Waals surface area contributed by atoms with Crippen LogP contribution >= 0.6 is 7.60 Å². The minimum Gasteiger partial charge on any atom is -0.354 e. The quantitative estimate of drug-likeness (QED) is 0.125. The van der Waals surface area contributed by atoms with Gasteiger partial charge in [-0.2, -0.15) is 0 Å². The smallest absolute Gasteiger partial charge is 0.354 e. The molecule has 7 rings (SSSR count). The van der Waals surface area contributed by atoms with Gasteiger partial charge in [0, 0.05) is 22.2 Å². The number of H-pyrrole nitrogens is 2. The van der Waals surface area contributed by atoms with E-state index in [9.17, 15) is 14.4 Å². The Kier molecular flexibility index (Phi) is 9.57. The molecular formula is C45H49N4O3P. The van der Waals surface area contributed by atoms with Gasteiger partial charge in [0.2, 0.25) is 0 Å². The lowest BCUT2D eigenvalue weighted by atomic mass is 9.95. The highest BCUT2D eigenvalue weighted by Crippen LogP contribution is 2.44. The number of rotatable bonds is 7. The van der Waals surface area contributed by atoms with Crippen molar-refractivity contribution in [1.29, 1.82) is 0 Å². The van der Waals surface area contributed by atoms with E-state index < -0.39 is 7.60 Å². The fourth-order valence-electron chi connectivity index (χ4n) is 8.42. The van der Waals surface area contributed by atoms with Crippen LogP contribution in [0, 0.1) is 20.8 Å². The van der Waals surface area contributed by atoms with Crippen molar-refractivity contribution in [3.8, 4) is 22.3 Å². The van der Waals surface area contributed by atoms with Gasteiger partial charge in [0.15, 0.2) is 0 Å². The Bertz CT molecular complexity index is 2580. The molecule has 53 heavy (non-hydrogen) atoms. The number of fused-ring (bicyclic) bond motifs is 8. The average Bonchev–Trinajstić information content (AvgIpc) is 3.82. The molecule has 8 heteroatoms. The predicted molar refractivity (Wildman–Crippen MR) is 222 cm³/mol. The summed E-state index contributed by atoms with van der Waals surface area (Å²) in [5.74, 6) is 0. The second kappa shape index (κ2) is 13.9. The van der Waals surface area contributed by atoms with Crippen LogP contribution in [-0.2, 0) is 17.4 Å². The van der Waals surface area contributed by atoms with Crippen LogP contribution < -0.4 is 5.30 Å². The minimum absolute atomic E-state index is 0.00985. The van der Waals surface area contributed by atoms with Crippen LogP contribution in [0.3, 0.4) is 0 Å². The van der Waals surface area contributed by atoms with E-state index in [0.717, 1.165) is 104 Å². The molecule has 7 nitrogen and oxygen atoms in total. The molecule has 2 aliphatic rings. The van der Waals surface area contributed by atoms with E-state index in [2.05, 4.69) is 109 Å². The van der Waals surface area contributed by atoms with Crippen molar-refractivity contribution in [2.75, 3.05) is 0 Å². The number of hydrogen-bond donors (Lipinski definition) is 4. The van der Waals surface area contributed by atoms with Gasteiger partial charge in [-0.3, -0.25) is 4.57 Å². The second-order valence-electron chi connectivity index (χ2n) is 14.3. The van der Waals surface area contributed by atoms with Crippen molar-refractivity contribution < 1.29 is 14.4 Å². The first-order valence-electron chi connectivity index (χ1n) is 18.7. The van der Waals surface area contributed by atoms with Crippen LogP contribution in [0.2, 0.25) is 0 Å². The summed E-state index contributed by atoms with van der Waals surface area (Å²) in [6.07, 6.45) is 3.30. The lowest BCUT2D eigenvalue weighted by Gasteiger charge is -2.10. The van der Waals surface area contributed by atoms with E-state index in [4.69, 9.17) is 9.97 Å². The van der Waals surface area contributed by atoms with Gasteiger partial charge in [-0.25, -0.2) is 9.97 Å². The van der Waals surface area contributed by atoms with Crippen LogP contribution in [0.15, 0.2) is 60.7 Å². The summed E-state index contributed by atoms with van der Waals surface area (Å²) in [4.78, 5) is 38.5. The maximum Gasteiger partial charge on any atom is 0.356 e. The fourth-order valence-corrected chi connectivity index (χ4v) is 8.96. The van der Waals surface area contributed by atoms with Gasteiger partial charge in [-0.1, -0.05) is 69.7 Å². The molecule has 2 aromatic carbocycles. The zero-order valence-electron chi connectivity index (χ0n) is 32.2. The van der Waals surface area contributed by atoms with Gasteiger partial charge in [-0.15, -0.1) is 0 Å². The molecule has 5 heterocycles. The van der Waals surface area contributed by atoms with Crippen molar-refractivity contribution in [2.24, 2.45) is 0 Å². The number of aromatic amines is 2. The highest BCUT2D eigenvalue weighted by molar-refractivity contribution is 7.60. The van der Waals surface area contributed by atoms with Gasteiger partial charge < -0.3 is 19.8 Å². The molecule has 0 radical (unpaired) electrons. The van der Waals surface area contributed by atoms with Crippen molar-refractivity contribution in [3.05, 3.63) is 111 Å². The summed E-state index contributed by atoms with van der Waals surface area (Å²) in [5, 5.41) is -0.00985. The second-order valence-corrected chi connectivity index (χ2v) is 15.9. The SMILES string of the molecule is CCC1=C(C)c2nc1cc1[nH]c(c(C)c1CC)c(-c1ccc(C)cc1)c1nc(cc3[nH]c(c(C)c3CC)c2-c2ccc(P(=O)(O)O)cc2)C(CC)=C1C. The molecule has 0 fully saturated rings. The summed E-state index contributed by atoms with van der Waals surface area (Å²) in [7, 11) is -4.42. The van der Waals surface area contributed by atoms with Crippen molar-refractivity contribution >= 4 is 57.3 Å². The lowest BCUT2D eigenvalue weighted by Crippen LogP contribution is -2.02. The third kappa shape index (κ3) is 6.15. The largest absolute Gasteiger partial charge is 0.356 e. The molecule has 0 spiro atoms. The van der Waals surface area contributed by atoms with E-state index in [-0.39, 0.29) is 5.30 Å². The number of benzene rings is 2. The molecule has 5 aromatic rings. The van der Waals surface area contributed by atoms with Crippen LogP contribution in [0.5, 0.6) is 0 Å². The molecule has 272 valence electrons. The van der Waals surface area contributed by atoms with Gasteiger partial charge in [-0.05, 0) is 140 Å². The molecule has 0 saturated heterocycles. The lowest BCUT2D eigenvalue weighted by molar-refractivity contribution is 0.387. The van der Waals surface area contributed by atoms with Crippen LogP contribution in [0.25, 0.3) is 66.6 Å². The highest BCUT2D eigenvalue weighted by atomic mass is 31.2. The topological polar surface area (TPSA) is 115 Å². The number of allylic oxidation sites excluding steroid dienone is 4. The maximum atomic E-state index is 12.2. The zero-order valence-corrected chi connectivity index (χ0v) is 33.1. The summed E-state index contributed by atoms with van der Waals surface area (Å²) in [5.41, 5.74) is 22.4. The van der Waals surface area contributed by atoms with Crippen LogP contribution in [0.4, 0.5) is 0 Å². The van der Waals surface area contributed by atoms with E-state index in [1.54, 1.807) is 0 Å². The van der Waals surface area contributed by atoms with E-state index in [1.807, 2.05) is 12.1 Å². The third-order valence-corrected chi connectivity index (χ3v) is 12.3. The molecule has 0 amide bonds. The number of hydrogen-bond acceptors (Lipinski definition) is 3. The minimum atomic E-state index is -4.42. The van der Waals surface area contributed by atoms with Gasteiger partial charge in [0.05, 0.1) is 39.1 Å². The predicted octanol–water partition coefficient (Wildman–Crippen LogP) is 11.2. The molecule has 0 saturated carbocycles. The van der Waals surface area contributed by atoms with E-state index in [0.29, 0.717) is 0 Å². The standard InChI is InChI=1S/C45H49N4O3P/c1-10-32-25(6)42-40(29-16-14-24(5)15-17-29)43-26(7)33(11-2)37(47-43)23-39-35(13-4)28(9)45(49-39)41(30-18-20-31(21-19-30)53(50,51)52)44-27(8)34(12-3)38(48-44)22-36(32)46-42/h14-23,46,49H,10-13H2,1-9H3,(H2,50,51,52). The first-order chi connectivity index (χ1) is 25.3. The average molecular weight is 725 g/mol. The maximum absolute atomic E-state index is 12.2.